The van der Waals surface area contributed by atoms with Gasteiger partial charge in [-0.3, -0.25) is 4.98 Å². The van der Waals surface area contributed by atoms with Crippen LogP contribution in [0.4, 0.5) is 0 Å². The smallest absolute Gasteiger partial charge is 0.191 e. The molecule has 21 heavy (non-hydrogen) atoms. The van der Waals surface area contributed by atoms with Crippen molar-refractivity contribution in [1.29, 1.82) is 0 Å². The highest BCUT2D eigenvalue weighted by Crippen LogP contribution is 2.10. The zero-order chi connectivity index (χ0) is 14.9. The normalized spacial score (nSPS) is 11.4. The first-order valence-electron chi connectivity index (χ1n) is 7.11. The Kier molecular flexibility index (Phi) is 6.15. The summed E-state index contributed by atoms with van der Waals surface area (Å²) in [5, 5.41) is 7.72. The number of hydrogen-bond donors (Lipinski definition) is 2. The summed E-state index contributed by atoms with van der Waals surface area (Å²) in [5.74, 6) is 0.816. The standard InChI is InChI=1S/C15H21N5S/c1-3-16-15(20-11-13-6-4-5-8-17-13)18-9-7-14-19-10-12(2)21-14/h4-6,8,10H,3,7,9,11H2,1-2H3,(H2,16,18,20). The monoisotopic (exact) mass is 303 g/mol. The lowest BCUT2D eigenvalue weighted by atomic mass is 10.3. The molecular formula is C15H21N5S. The van der Waals surface area contributed by atoms with Gasteiger partial charge in [0.2, 0.25) is 0 Å². The van der Waals surface area contributed by atoms with Crippen LogP contribution in [0.1, 0.15) is 22.5 Å². The molecule has 2 N–H and O–H groups in total. The number of thiazole rings is 1. The van der Waals surface area contributed by atoms with Gasteiger partial charge in [0.15, 0.2) is 5.96 Å². The summed E-state index contributed by atoms with van der Waals surface area (Å²) in [7, 11) is 0. The predicted molar refractivity (Wildman–Crippen MR) is 87.6 cm³/mol. The van der Waals surface area contributed by atoms with Crippen LogP contribution in [0, 0.1) is 6.92 Å². The molecule has 2 rings (SSSR count). The molecule has 6 heteroatoms. The summed E-state index contributed by atoms with van der Waals surface area (Å²) in [5.41, 5.74) is 0.963. The fourth-order valence-corrected chi connectivity index (χ4v) is 2.58. The van der Waals surface area contributed by atoms with Crippen molar-refractivity contribution in [3.63, 3.8) is 0 Å². The molecule has 0 saturated carbocycles. The zero-order valence-corrected chi connectivity index (χ0v) is 13.3. The summed E-state index contributed by atoms with van der Waals surface area (Å²) >= 11 is 1.74. The van der Waals surface area contributed by atoms with Gasteiger partial charge in [-0.05, 0) is 26.0 Å². The molecule has 0 saturated heterocycles. The van der Waals surface area contributed by atoms with Crippen LogP contribution in [0.3, 0.4) is 0 Å². The van der Waals surface area contributed by atoms with Crippen LogP contribution < -0.4 is 10.6 Å². The lowest BCUT2D eigenvalue weighted by molar-refractivity contribution is 0.794. The Balaban J connectivity index is 1.83. The fourth-order valence-electron chi connectivity index (χ4n) is 1.80. The summed E-state index contributed by atoms with van der Waals surface area (Å²) < 4.78 is 0. The van der Waals surface area contributed by atoms with E-state index in [0.29, 0.717) is 6.54 Å². The minimum atomic E-state index is 0.576. The van der Waals surface area contributed by atoms with E-state index in [1.165, 1.54) is 4.88 Å². The molecule has 0 aliphatic heterocycles. The van der Waals surface area contributed by atoms with Crippen molar-refractivity contribution in [3.05, 3.63) is 46.2 Å². The molecule has 0 atom stereocenters. The van der Waals surface area contributed by atoms with E-state index in [4.69, 9.17) is 0 Å². The Bertz CT molecular complexity index is 564. The highest BCUT2D eigenvalue weighted by Gasteiger charge is 2.01. The topological polar surface area (TPSA) is 62.2 Å². The van der Waals surface area contributed by atoms with Crippen LogP contribution in [-0.4, -0.2) is 29.0 Å². The van der Waals surface area contributed by atoms with E-state index < -0.39 is 0 Å². The molecule has 0 aliphatic rings. The van der Waals surface area contributed by atoms with Crippen LogP contribution >= 0.6 is 11.3 Å². The fraction of sp³-hybridized carbons (Fsp3) is 0.400. The van der Waals surface area contributed by atoms with Crippen LogP contribution in [0.25, 0.3) is 0 Å². The molecule has 0 aliphatic carbocycles. The van der Waals surface area contributed by atoms with Crippen molar-refractivity contribution in [2.24, 2.45) is 4.99 Å². The van der Waals surface area contributed by atoms with Gasteiger partial charge in [0, 0.05) is 36.8 Å². The number of nitrogens with zero attached hydrogens (tertiary/aromatic N) is 3. The molecule has 2 heterocycles. The molecule has 0 unspecified atom stereocenters. The molecule has 2 aromatic rings. The van der Waals surface area contributed by atoms with Gasteiger partial charge in [-0.25, -0.2) is 9.98 Å². The second-order valence-electron chi connectivity index (χ2n) is 4.56. The number of hydrogen-bond acceptors (Lipinski definition) is 4. The SMILES string of the molecule is CCNC(=NCc1ccccn1)NCCc1ncc(C)s1. The molecule has 112 valence electrons. The second-order valence-corrected chi connectivity index (χ2v) is 5.88. The number of aromatic nitrogens is 2. The molecule has 0 amide bonds. The lowest BCUT2D eigenvalue weighted by Crippen LogP contribution is -2.38. The number of guanidine groups is 1. The third-order valence-electron chi connectivity index (χ3n) is 2.77. The van der Waals surface area contributed by atoms with Crippen LogP contribution in [-0.2, 0) is 13.0 Å². The molecule has 0 fully saturated rings. The van der Waals surface area contributed by atoms with Crippen LogP contribution in [0.2, 0.25) is 0 Å². The van der Waals surface area contributed by atoms with E-state index in [2.05, 4.69) is 39.4 Å². The Labute approximate surface area is 129 Å². The van der Waals surface area contributed by atoms with Crippen molar-refractivity contribution >= 4 is 17.3 Å². The van der Waals surface area contributed by atoms with E-state index in [9.17, 15) is 0 Å². The van der Waals surface area contributed by atoms with Crippen molar-refractivity contribution in [2.45, 2.75) is 26.8 Å². The third-order valence-corrected chi connectivity index (χ3v) is 3.74. The summed E-state index contributed by atoms with van der Waals surface area (Å²) in [6.45, 7) is 6.37. The Morgan fingerprint density at radius 1 is 1.29 bits per heavy atom. The molecule has 0 radical (unpaired) electrons. The Morgan fingerprint density at radius 2 is 2.19 bits per heavy atom. The summed E-state index contributed by atoms with van der Waals surface area (Å²) in [6, 6.07) is 5.86. The second kappa shape index (κ2) is 8.36. The maximum Gasteiger partial charge on any atom is 0.191 e. The molecule has 0 spiro atoms. The van der Waals surface area contributed by atoms with Gasteiger partial charge < -0.3 is 10.6 Å². The molecule has 0 aromatic carbocycles. The molecule has 2 aromatic heterocycles. The summed E-state index contributed by atoms with van der Waals surface area (Å²) in [6.07, 6.45) is 4.61. The first-order chi connectivity index (χ1) is 10.3. The van der Waals surface area contributed by atoms with E-state index in [-0.39, 0.29) is 0 Å². The number of rotatable bonds is 6. The minimum Gasteiger partial charge on any atom is -0.357 e. The first kappa shape index (κ1) is 15.4. The van der Waals surface area contributed by atoms with E-state index >= 15 is 0 Å². The van der Waals surface area contributed by atoms with E-state index in [1.807, 2.05) is 24.4 Å². The Hall–Kier alpha value is -1.95. The third kappa shape index (κ3) is 5.51. The molecule has 0 bridgehead atoms. The minimum absolute atomic E-state index is 0.576. The van der Waals surface area contributed by atoms with Gasteiger partial charge in [0.1, 0.15) is 0 Å². The largest absolute Gasteiger partial charge is 0.357 e. The van der Waals surface area contributed by atoms with E-state index in [0.717, 1.165) is 36.2 Å². The van der Waals surface area contributed by atoms with E-state index in [1.54, 1.807) is 17.5 Å². The maximum atomic E-state index is 4.54. The van der Waals surface area contributed by atoms with Gasteiger partial charge in [-0.1, -0.05) is 6.07 Å². The van der Waals surface area contributed by atoms with Crippen molar-refractivity contribution in [3.8, 4) is 0 Å². The number of nitrogens with one attached hydrogen (secondary N) is 2. The van der Waals surface area contributed by atoms with Crippen LogP contribution in [0.5, 0.6) is 0 Å². The quantitative estimate of drug-likeness (QED) is 0.634. The highest BCUT2D eigenvalue weighted by atomic mass is 32.1. The maximum absolute atomic E-state index is 4.54. The van der Waals surface area contributed by atoms with Crippen molar-refractivity contribution in [1.82, 2.24) is 20.6 Å². The lowest BCUT2D eigenvalue weighted by Gasteiger charge is -2.10. The van der Waals surface area contributed by atoms with Crippen molar-refractivity contribution in [2.75, 3.05) is 13.1 Å². The average molecular weight is 303 g/mol. The zero-order valence-electron chi connectivity index (χ0n) is 12.5. The highest BCUT2D eigenvalue weighted by molar-refractivity contribution is 7.11. The van der Waals surface area contributed by atoms with Gasteiger partial charge in [0.05, 0.1) is 17.2 Å². The number of aliphatic imine (C=N–C) groups is 1. The van der Waals surface area contributed by atoms with Gasteiger partial charge in [-0.2, -0.15) is 0 Å². The van der Waals surface area contributed by atoms with Gasteiger partial charge in [-0.15, -0.1) is 11.3 Å². The summed E-state index contributed by atoms with van der Waals surface area (Å²) in [4.78, 5) is 14.4. The number of aryl methyl sites for hydroxylation is 1. The molecular weight excluding hydrogens is 282 g/mol. The van der Waals surface area contributed by atoms with Gasteiger partial charge in [0.25, 0.3) is 0 Å². The van der Waals surface area contributed by atoms with Crippen molar-refractivity contribution < 1.29 is 0 Å². The Morgan fingerprint density at radius 3 is 2.86 bits per heavy atom. The molecule has 5 nitrogen and oxygen atoms in total. The predicted octanol–water partition coefficient (Wildman–Crippen LogP) is 2.14. The van der Waals surface area contributed by atoms with Crippen LogP contribution in [0.15, 0.2) is 35.6 Å². The van der Waals surface area contributed by atoms with Gasteiger partial charge >= 0.3 is 0 Å². The first-order valence-corrected chi connectivity index (χ1v) is 7.93. The number of pyridine rings is 1. The average Bonchev–Trinajstić information content (AvgIpc) is 2.91.